The van der Waals surface area contributed by atoms with Crippen molar-refractivity contribution in [3.63, 3.8) is 0 Å². The van der Waals surface area contributed by atoms with Gasteiger partial charge in [0.25, 0.3) is 11.8 Å². The van der Waals surface area contributed by atoms with Crippen LogP contribution in [0.25, 0.3) is 10.8 Å². The van der Waals surface area contributed by atoms with E-state index in [1.165, 1.54) is 16.0 Å². The molecule has 4 nitrogen and oxygen atoms in total. The van der Waals surface area contributed by atoms with Crippen molar-refractivity contribution in [1.29, 1.82) is 0 Å². The Balaban J connectivity index is 1.54. The molecule has 112 valence electrons. The molecule has 3 aromatic rings. The van der Waals surface area contributed by atoms with Gasteiger partial charge in [0, 0.05) is 12.0 Å². The summed E-state index contributed by atoms with van der Waals surface area (Å²) in [5.74, 6) is 1.37. The molecule has 1 N–H and O–H groups in total. The third-order valence-electron chi connectivity index (χ3n) is 4.41. The summed E-state index contributed by atoms with van der Waals surface area (Å²) in [7, 11) is 0. The van der Waals surface area contributed by atoms with Gasteiger partial charge in [0.15, 0.2) is 6.04 Å². The van der Waals surface area contributed by atoms with E-state index in [0.29, 0.717) is 5.89 Å². The molecule has 0 saturated carbocycles. The molecule has 22 heavy (non-hydrogen) atoms. The van der Waals surface area contributed by atoms with Gasteiger partial charge in [-0.3, -0.25) is 0 Å². The zero-order chi connectivity index (χ0) is 14.9. The number of nitrogens with zero attached hydrogens (tertiary/aromatic N) is 2. The quantitative estimate of drug-likeness (QED) is 0.808. The van der Waals surface area contributed by atoms with Crippen LogP contribution in [0.15, 0.2) is 46.2 Å². The molecular formula is C17H18N3OS+. The summed E-state index contributed by atoms with van der Waals surface area (Å²) in [6.45, 7) is 4.30. The second-order valence-corrected chi connectivity index (χ2v) is 6.70. The van der Waals surface area contributed by atoms with Gasteiger partial charge in [0.2, 0.25) is 0 Å². The number of aromatic nitrogens is 2. The van der Waals surface area contributed by atoms with Crippen LogP contribution < -0.4 is 4.90 Å². The Bertz CT molecular complexity index is 766. The Morgan fingerprint density at radius 3 is 2.82 bits per heavy atom. The van der Waals surface area contributed by atoms with E-state index in [4.69, 9.17) is 4.42 Å². The second-order valence-electron chi connectivity index (χ2n) is 5.75. The van der Waals surface area contributed by atoms with Gasteiger partial charge in [-0.1, -0.05) is 30.3 Å². The van der Waals surface area contributed by atoms with Crippen molar-refractivity contribution in [3.8, 4) is 10.8 Å². The molecule has 0 fully saturated rings. The van der Waals surface area contributed by atoms with Gasteiger partial charge in [0.1, 0.15) is 6.54 Å². The number of hydrogen-bond donors (Lipinski definition) is 1. The van der Waals surface area contributed by atoms with E-state index >= 15 is 0 Å². The molecule has 2 aromatic heterocycles. The van der Waals surface area contributed by atoms with Crippen LogP contribution in [0.3, 0.4) is 0 Å². The van der Waals surface area contributed by atoms with E-state index in [2.05, 4.69) is 41.4 Å². The van der Waals surface area contributed by atoms with Gasteiger partial charge in [0.05, 0.1) is 11.4 Å². The number of hydrogen-bond acceptors (Lipinski definition) is 4. The monoisotopic (exact) mass is 312 g/mol. The predicted octanol–water partition coefficient (Wildman–Crippen LogP) is 2.50. The average molecular weight is 312 g/mol. The fourth-order valence-electron chi connectivity index (χ4n) is 3.06. The molecule has 1 aliphatic heterocycles. The Labute approximate surface area is 133 Å². The number of benzene rings is 1. The molecule has 2 atom stereocenters. The van der Waals surface area contributed by atoms with Gasteiger partial charge in [-0.25, -0.2) is 0 Å². The van der Waals surface area contributed by atoms with Crippen molar-refractivity contribution in [3.05, 3.63) is 58.8 Å². The Morgan fingerprint density at radius 2 is 2.00 bits per heavy atom. The maximum absolute atomic E-state index is 5.90. The fourth-order valence-corrected chi connectivity index (χ4v) is 3.70. The first-order chi connectivity index (χ1) is 10.8. The van der Waals surface area contributed by atoms with Crippen LogP contribution in [-0.4, -0.2) is 16.7 Å². The van der Waals surface area contributed by atoms with E-state index in [1.54, 1.807) is 11.3 Å². The van der Waals surface area contributed by atoms with Crippen molar-refractivity contribution < 1.29 is 9.32 Å². The van der Waals surface area contributed by atoms with Gasteiger partial charge in [-0.05, 0) is 23.9 Å². The van der Waals surface area contributed by atoms with Crippen molar-refractivity contribution >= 4 is 11.3 Å². The van der Waals surface area contributed by atoms with Crippen molar-refractivity contribution in [1.82, 2.24) is 10.2 Å². The molecule has 1 aromatic carbocycles. The van der Waals surface area contributed by atoms with E-state index in [-0.39, 0.29) is 6.04 Å². The first kappa shape index (κ1) is 13.7. The number of thiophene rings is 1. The standard InChI is InChI=1S/C17H17N3OS/c1-12(16-18-19-17(21-16)15-7-4-10-22-15)20-9-8-13-5-2-3-6-14(13)11-20/h2-7,10,12H,8-9,11H2,1H3/p+1/t12-/m0/s1. The average Bonchev–Trinajstić information content (AvgIpc) is 3.24. The molecule has 3 heterocycles. The minimum Gasteiger partial charge on any atom is -0.414 e. The topological polar surface area (TPSA) is 43.4 Å². The maximum atomic E-state index is 5.90. The highest BCUT2D eigenvalue weighted by Gasteiger charge is 2.28. The normalized spacial score (nSPS) is 18.9. The van der Waals surface area contributed by atoms with Crippen molar-refractivity contribution in [2.24, 2.45) is 0 Å². The van der Waals surface area contributed by atoms with Crippen molar-refractivity contribution in [2.45, 2.75) is 25.9 Å². The van der Waals surface area contributed by atoms with Gasteiger partial charge >= 0.3 is 0 Å². The summed E-state index contributed by atoms with van der Waals surface area (Å²) in [4.78, 5) is 2.52. The van der Waals surface area contributed by atoms with Gasteiger partial charge in [-0.2, -0.15) is 0 Å². The first-order valence-corrected chi connectivity index (χ1v) is 8.48. The lowest BCUT2D eigenvalue weighted by molar-refractivity contribution is -0.946. The van der Waals surface area contributed by atoms with Crippen LogP contribution in [0.2, 0.25) is 0 Å². The van der Waals surface area contributed by atoms with E-state index in [1.807, 2.05) is 17.5 Å². The molecule has 0 spiro atoms. The van der Waals surface area contributed by atoms with Crippen LogP contribution >= 0.6 is 11.3 Å². The number of rotatable bonds is 3. The summed E-state index contributed by atoms with van der Waals surface area (Å²) in [5.41, 5.74) is 2.91. The highest BCUT2D eigenvalue weighted by atomic mass is 32.1. The Kier molecular flexibility index (Phi) is 3.52. The largest absolute Gasteiger partial charge is 0.414 e. The first-order valence-electron chi connectivity index (χ1n) is 7.60. The fraction of sp³-hybridized carbons (Fsp3) is 0.294. The summed E-state index contributed by atoms with van der Waals surface area (Å²) < 4.78 is 5.90. The lowest BCUT2D eigenvalue weighted by Crippen LogP contribution is -3.11. The zero-order valence-corrected chi connectivity index (χ0v) is 13.3. The molecule has 4 rings (SSSR count). The summed E-state index contributed by atoms with van der Waals surface area (Å²) >= 11 is 1.62. The molecular weight excluding hydrogens is 294 g/mol. The molecule has 0 saturated heterocycles. The third kappa shape index (κ3) is 2.46. The highest BCUT2D eigenvalue weighted by Crippen LogP contribution is 2.24. The predicted molar refractivity (Wildman–Crippen MR) is 85.7 cm³/mol. The minimum atomic E-state index is 0.217. The molecule has 1 unspecified atom stereocenters. The third-order valence-corrected chi connectivity index (χ3v) is 5.26. The summed E-state index contributed by atoms with van der Waals surface area (Å²) in [5, 5.41) is 10.5. The molecule has 0 amide bonds. The van der Waals surface area contributed by atoms with E-state index in [0.717, 1.165) is 30.3 Å². The molecule has 0 aliphatic carbocycles. The summed E-state index contributed by atoms with van der Waals surface area (Å²) in [6.07, 6.45) is 1.11. The zero-order valence-electron chi connectivity index (χ0n) is 12.5. The molecule has 1 aliphatic rings. The second kappa shape index (κ2) is 5.66. The van der Waals surface area contributed by atoms with Crippen LogP contribution in [0, 0.1) is 0 Å². The van der Waals surface area contributed by atoms with Crippen LogP contribution in [-0.2, 0) is 13.0 Å². The van der Waals surface area contributed by atoms with E-state index in [9.17, 15) is 0 Å². The smallest absolute Gasteiger partial charge is 0.274 e. The van der Waals surface area contributed by atoms with Gasteiger partial charge in [-0.15, -0.1) is 21.5 Å². The number of fused-ring (bicyclic) bond motifs is 1. The molecule has 5 heteroatoms. The lowest BCUT2D eigenvalue weighted by Gasteiger charge is -2.28. The Morgan fingerprint density at radius 1 is 1.14 bits per heavy atom. The van der Waals surface area contributed by atoms with Crippen LogP contribution in [0.5, 0.6) is 0 Å². The SMILES string of the molecule is C[C@@H](c1nnc(-c2cccs2)o1)[NH+]1CCc2ccccc2C1. The molecule has 0 bridgehead atoms. The number of nitrogens with one attached hydrogen (secondary N) is 1. The lowest BCUT2D eigenvalue weighted by atomic mass is 9.99. The van der Waals surface area contributed by atoms with Crippen molar-refractivity contribution in [2.75, 3.05) is 6.54 Å². The highest BCUT2D eigenvalue weighted by molar-refractivity contribution is 7.13. The van der Waals surface area contributed by atoms with Crippen LogP contribution in [0.4, 0.5) is 0 Å². The maximum Gasteiger partial charge on any atom is 0.274 e. The van der Waals surface area contributed by atoms with Crippen LogP contribution in [0.1, 0.15) is 30.0 Å². The Hall–Kier alpha value is -1.98. The van der Waals surface area contributed by atoms with Gasteiger partial charge < -0.3 is 9.32 Å². The minimum absolute atomic E-state index is 0.217. The summed E-state index contributed by atoms with van der Waals surface area (Å²) in [6, 6.07) is 12.9. The number of quaternary nitrogens is 1. The molecule has 0 radical (unpaired) electrons. The van der Waals surface area contributed by atoms with E-state index < -0.39 is 0 Å².